The predicted molar refractivity (Wildman–Crippen MR) is 111 cm³/mol. The SMILES string of the molecule is Cc1cc2c(CN3CCNCC3)cccc2n1S(=O)(=O)c1ccccc1.Cl. The normalized spacial score (nSPS) is 15.6. The topological polar surface area (TPSA) is 54.3 Å². The standard InChI is InChI=1S/C20H23N3O2S.ClH/c1-16-14-19-17(15-22-12-10-21-11-13-22)6-5-9-20(19)23(16)26(24,25)18-7-3-2-4-8-18;/h2-9,14,21H,10-13,15H2,1H3;1H. The maximum atomic E-state index is 13.2. The third-order valence-corrected chi connectivity index (χ3v) is 6.78. The number of hydrogen-bond acceptors (Lipinski definition) is 4. The van der Waals surface area contributed by atoms with Gasteiger partial charge in [0.05, 0.1) is 10.4 Å². The number of piperazine rings is 1. The minimum absolute atomic E-state index is 0. The van der Waals surface area contributed by atoms with E-state index in [4.69, 9.17) is 0 Å². The summed E-state index contributed by atoms with van der Waals surface area (Å²) in [4.78, 5) is 2.72. The Hall–Kier alpha value is -1.86. The van der Waals surface area contributed by atoms with Crippen molar-refractivity contribution in [3.8, 4) is 0 Å². The van der Waals surface area contributed by atoms with Crippen LogP contribution in [0.1, 0.15) is 11.3 Å². The largest absolute Gasteiger partial charge is 0.314 e. The highest BCUT2D eigenvalue weighted by Crippen LogP contribution is 2.28. The van der Waals surface area contributed by atoms with Crippen LogP contribution < -0.4 is 5.32 Å². The third-order valence-electron chi connectivity index (χ3n) is 4.95. The van der Waals surface area contributed by atoms with Crippen molar-refractivity contribution >= 4 is 33.3 Å². The Labute approximate surface area is 166 Å². The summed E-state index contributed by atoms with van der Waals surface area (Å²) in [5, 5.41) is 4.38. The van der Waals surface area contributed by atoms with Crippen molar-refractivity contribution in [1.29, 1.82) is 0 Å². The van der Waals surface area contributed by atoms with E-state index in [1.54, 1.807) is 24.3 Å². The van der Waals surface area contributed by atoms with E-state index in [0.717, 1.165) is 49.3 Å². The molecule has 0 unspecified atom stereocenters. The number of nitrogens with one attached hydrogen (secondary N) is 1. The van der Waals surface area contributed by atoms with Gasteiger partial charge in [-0.05, 0) is 36.8 Å². The molecular formula is C20H24ClN3O2S. The second-order valence-corrected chi connectivity index (χ2v) is 8.53. The van der Waals surface area contributed by atoms with Crippen molar-refractivity contribution < 1.29 is 8.42 Å². The Kier molecular flexibility index (Phi) is 5.91. The number of rotatable bonds is 4. The van der Waals surface area contributed by atoms with E-state index >= 15 is 0 Å². The number of halogens is 1. The molecule has 0 aliphatic carbocycles. The van der Waals surface area contributed by atoms with E-state index in [2.05, 4.69) is 16.3 Å². The molecule has 7 heteroatoms. The van der Waals surface area contributed by atoms with Crippen molar-refractivity contribution in [2.75, 3.05) is 26.2 Å². The fourth-order valence-corrected chi connectivity index (χ4v) is 5.23. The first kappa shape index (κ1) is 19.9. The van der Waals surface area contributed by atoms with Crippen molar-refractivity contribution in [3.63, 3.8) is 0 Å². The average Bonchev–Trinajstić information content (AvgIpc) is 3.01. The lowest BCUT2D eigenvalue weighted by molar-refractivity contribution is 0.234. The Morgan fingerprint density at radius 2 is 1.70 bits per heavy atom. The minimum Gasteiger partial charge on any atom is -0.314 e. The van der Waals surface area contributed by atoms with E-state index in [1.807, 2.05) is 31.2 Å². The van der Waals surface area contributed by atoms with Gasteiger partial charge in [-0.1, -0.05) is 30.3 Å². The van der Waals surface area contributed by atoms with Gasteiger partial charge < -0.3 is 5.32 Å². The number of nitrogens with zero attached hydrogens (tertiary/aromatic N) is 2. The highest BCUT2D eigenvalue weighted by atomic mass is 35.5. The van der Waals surface area contributed by atoms with E-state index in [9.17, 15) is 8.42 Å². The first-order valence-corrected chi connectivity index (χ1v) is 10.3. The summed E-state index contributed by atoms with van der Waals surface area (Å²) in [6.07, 6.45) is 0. The highest BCUT2D eigenvalue weighted by molar-refractivity contribution is 7.90. The molecule has 1 fully saturated rings. The van der Waals surface area contributed by atoms with Crippen LogP contribution in [0.3, 0.4) is 0 Å². The van der Waals surface area contributed by atoms with Gasteiger partial charge in [-0.2, -0.15) is 0 Å². The van der Waals surface area contributed by atoms with Gasteiger partial charge in [-0.3, -0.25) is 4.90 Å². The molecule has 0 saturated carbocycles. The second-order valence-electron chi connectivity index (χ2n) is 6.74. The van der Waals surface area contributed by atoms with E-state index in [1.165, 1.54) is 9.54 Å². The summed E-state index contributed by atoms with van der Waals surface area (Å²) in [7, 11) is -3.61. The monoisotopic (exact) mass is 405 g/mol. The summed E-state index contributed by atoms with van der Waals surface area (Å²) in [6.45, 7) is 6.72. The number of aryl methyl sites for hydroxylation is 1. The van der Waals surface area contributed by atoms with E-state index < -0.39 is 10.0 Å². The summed E-state index contributed by atoms with van der Waals surface area (Å²) >= 11 is 0. The van der Waals surface area contributed by atoms with Crippen LogP contribution in [-0.2, 0) is 16.6 Å². The molecule has 1 aliphatic heterocycles. The zero-order valence-electron chi connectivity index (χ0n) is 15.3. The van der Waals surface area contributed by atoms with Gasteiger partial charge in [0.2, 0.25) is 0 Å². The Balaban J connectivity index is 0.00000210. The molecule has 0 atom stereocenters. The fraction of sp³-hybridized carbons (Fsp3) is 0.300. The van der Waals surface area contributed by atoms with E-state index in [0.29, 0.717) is 4.90 Å². The summed E-state index contributed by atoms with van der Waals surface area (Å²) in [5.74, 6) is 0. The number of aromatic nitrogens is 1. The first-order chi connectivity index (χ1) is 12.6. The van der Waals surface area contributed by atoms with E-state index in [-0.39, 0.29) is 12.4 Å². The lowest BCUT2D eigenvalue weighted by atomic mass is 10.1. The third kappa shape index (κ3) is 3.75. The van der Waals surface area contributed by atoms with Gasteiger partial charge in [-0.15, -0.1) is 12.4 Å². The molecule has 3 aromatic rings. The van der Waals surface area contributed by atoms with Gasteiger partial charge in [-0.25, -0.2) is 12.4 Å². The van der Waals surface area contributed by atoms with Crippen molar-refractivity contribution in [2.45, 2.75) is 18.4 Å². The Morgan fingerprint density at radius 1 is 1.00 bits per heavy atom. The number of fused-ring (bicyclic) bond motifs is 1. The Bertz CT molecular complexity index is 1030. The minimum atomic E-state index is -3.61. The molecule has 1 aromatic heterocycles. The van der Waals surface area contributed by atoms with Gasteiger partial charge in [0.25, 0.3) is 10.0 Å². The average molecular weight is 406 g/mol. The van der Waals surface area contributed by atoms with Crippen LogP contribution in [0.4, 0.5) is 0 Å². The summed E-state index contributed by atoms with van der Waals surface area (Å²) < 4.78 is 27.8. The molecule has 1 N–H and O–H groups in total. The molecule has 144 valence electrons. The van der Waals surface area contributed by atoms with Gasteiger partial charge in [0.15, 0.2) is 0 Å². The first-order valence-electron chi connectivity index (χ1n) is 8.91. The van der Waals surface area contributed by atoms with Crippen molar-refractivity contribution in [3.05, 3.63) is 65.9 Å². The van der Waals surface area contributed by atoms with Crippen LogP contribution in [0.15, 0.2) is 59.5 Å². The van der Waals surface area contributed by atoms with Crippen LogP contribution in [0.2, 0.25) is 0 Å². The molecule has 0 amide bonds. The smallest absolute Gasteiger partial charge is 0.268 e. The fourth-order valence-electron chi connectivity index (χ4n) is 3.67. The quantitative estimate of drug-likeness (QED) is 0.725. The lowest BCUT2D eigenvalue weighted by Gasteiger charge is -2.27. The summed E-state index contributed by atoms with van der Waals surface area (Å²) in [5.41, 5.74) is 2.66. The van der Waals surface area contributed by atoms with Crippen molar-refractivity contribution in [1.82, 2.24) is 14.2 Å². The molecule has 27 heavy (non-hydrogen) atoms. The lowest BCUT2D eigenvalue weighted by Crippen LogP contribution is -2.42. The zero-order valence-corrected chi connectivity index (χ0v) is 16.9. The predicted octanol–water partition coefficient (Wildman–Crippen LogP) is 3.01. The van der Waals surface area contributed by atoms with Crippen LogP contribution in [-0.4, -0.2) is 43.5 Å². The van der Waals surface area contributed by atoms with Crippen LogP contribution in [0, 0.1) is 6.92 Å². The van der Waals surface area contributed by atoms with Gasteiger partial charge in [0.1, 0.15) is 0 Å². The van der Waals surface area contributed by atoms with Crippen LogP contribution >= 0.6 is 12.4 Å². The molecule has 0 radical (unpaired) electrons. The molecule has 4 rings (SSSR count). The van der Waals surface area contributed by atoms with Gasteiger partial charge >= 0.3 is 0 Å². The molecule has 2 aromatic carbocycles. The molecule has 1 aliphatic rings. The van der Waals surface area contributed by atoms with Crippen LogP contribution in [0.25, 0.3) is 10.9 Å². The second kappa shape index (κ2) is 8.02. The molecular weight excluding hydrogens is 382 g/mol. The molecule has 0 bridgehead atoms. The number of hydrogen-bond donors (Lipinski definition) is 1. The molecule has 0 spiro atoms. The molecule has 5 nitrogen and oxygen atoms in total. The molecule has 2 heterocycles. The van der Waals surface area contributed by atoms with Crippen LogP contribution in [0.5, 0.6) is 0 Å². The van der Waals surface area contributed by atoms with Gasteiger partial charge in [0, 0.05) is 43.8 Å². The molecule has 1 saturated heterocycles. The maximum Gasteiger partial charge on any atom is 0.268 e. The zero-order chi connectivity index (χ0) is 18.1. The Morgan fingerprint density at radius 3 is 2.41 bits per heavy atom. The highest BCUT2D eigenvalue weighted by Gasteiger charge is 2.22. The summed E-state index contributed by atoms with van der Waals surface area (Å²) in [6, 6.07) is 16.6. The number of benzene rings is 2. The maximum absolute atomic E-state index is 13.2. The van der Waals surface area contributed by atoms with Crippen molar-refractivity contribution in [2.24, 2.45) is 0 Å².